The van der Waals surface area contributed by atoms with Gasteiger partial charge in [0.05, 0.1) is 16.3 Å². The number of anilines is 3. The number of benzene rings is 2. The number of carbonyl (C=O) groups is 1. The van der Waals surface area contributed by atoms with Gasteiger partial charge in [0.1, 0.15) is 0 Å². The van der Waals surface area contributed by atoms with E-state index in [1.165, 1.54) is 0 Å². The first-order valence-corrected chi connectivity index (χ1v) is 9.68. The molecule has 0 radical (unpaired) electrons. The zero-order valence-corrected chi connectivity index (χ0v) is 17.5. The number of nitrogens with zero attached hydrogens (tertiary/aromatic N) is 3. The molecule has 0 unspecified atom stereocenters. The van der Waals surface area contributed by atoms with E-state index >= 15 is 0 Å². The lowest BCUT2D eigenvalue weighted by Crippen LogP contribution is -2.21. The number of thiocarbonyl (C=S) groups is 1. The van der Waals surface area contributed by atoms with E-state index in [1.807, 2.05) is 61.5 Å². The maximum Gasteiger partial charge on any atom is 0.270 e. The molecule has 28 heavy (non-hydrogen) atoms. The quantitative estimate of drug-likeness (QED) is 0.527. The second-order valence-corrected chi connectivity index (χ2v) is 7.63. The van der Waals surface area contributed by atoms with Crippen LogP contribution in [0.3, 0.4) is 0 Å². The summed E-state index contributed by atoms with van der Waals surface area (Å²) in [5.74, 6) is -0.602. The lowest BCUT2D eigenvalue weighted by molar-refractivity contribution is 0.0996. The molecule has 144 valence electrons. The van der Waals surface area contributed by atoms with Gasteiger partial charge in [-0.25, -0.2) is 0 Å². The minimum atomic E-state index is -0.602. The Bertz CT molecular complexity index is 1020. The van der Waals surface area contributed by atoms with Crippen LogP contribution in [-0.4, -0.2) is 34.7 Å². The number of hydrogen-bond donors (Lipinski definition) is 3. The Morgan fingerprint density at radius 2 is 1.89 bits per heavy atom. The van der Waals surface area contributed by atoms with Crippen LogP contribution in [0.2, 0.25) is 5.02 Å². The predicted octanol–water partition coefficient (Wildman–Crippen LogP) is 3.83. The first-order valence-electron chi connectivity index (χ1n) is 8.12. The number of primary amides is 1. The van der Waals surface area contributed by atoms with Gasteiger partial charge in [-0.1, -0.05) is 28.2 Å². The molecule has 0 saturated carbocycles. The highest BCUT2D eigenvalue weighted by atomic mass is 35.5. The smallest absolute Gasteiger partial charge is 0.270 e. The van der Waals surface area contributed by atoms with E-state index in [-0.39, 0.29) is 5.69 Å². The Balaban J connectivity index is 1.73. The highest BCUT2D eigenvalue weighted by Gasteiger charge is 2.15. The molecule has 2 aromatic carbocycles. The molecule has 1 aromatic heterocycles. The molecular weight excluding hydrogens is 416 g/mol. The number of rotatable bonds is 5. The van der Waals surface area contributed by atoms with Crippen LogP contribution < -0.4 is 21.3 Å². The van der Waals surface area contributed by atoms with Crippen molar-refractivity contribution in [3.63, 3.8) is 0 Å². The summed E-state index contributed by atoms with van der Waals surface area (Å²) in [7, 11) is 3.89. The maximum absolute atomic E-state index is 11.4. The topological polar surface area (TPSA) is 96.2 Å². The SMILES string of the molecule is CN(C)c1ccc(Cl)cc1NC(=S)Nc1ccc(-c2snnc2C(N)=O)cc1. The standard InChI is InChI=1S/C18H17ClN6OS2/c1-25(2)14-8-5-11(19)9-13(14)22-18(27)21-12-6-3-10(4-7-12)16-15(17(20)26)23-24-28-16/h3-9H,1-2H3,(H2,20,26)(H2,21,22,27). The first kappa shape index (κ1) is 20.0. The molecule has 0 saturated heterocycles. The van der Waals surface area contributed by atoms with Gasteiger partial charge in [-0.15, -0.1) is 5.10 Å². The van der Waals surface area contributed by atoms with Gasteiger partial charge in [0.25, 0.3) is 5.91 Å². The summed E-state index contributed by atoms with van der Waals surface area (Å²) in [4.78, 5) is 14.0. The van der Waals surface area contributed by atoms with Crippen molar-refractivity contribution in [1.29, 1.82) is 0 Å². The van der Waals surface area contributed by atoms with Gasteiger partial charge in [0, 0.05) is 24.8 Å². The summed E-state index contributed by atoms with van der Waals surface area (Å²) in [6, 6.07) is 12.9. The molecule has 1 amide bonds. The van der Waals surface area contributed by atoms with Crippen LogP contribution in [0.15, 0.2) is 42.5 Å². The van der Waals surface area contributed by atoms with Crippen molar-refractivity contribution < 1.29 is 4.79 Å². The van der Waals surface area contributed by atoms with E-state index in [0.717, 1.165) is 34.2 Å². The molecule has 10 heteroatoms. The predicted molar refractivity (Wildman–Crippen MR) is 119 cm³/mol. The van der Waals surface area contributed by atoms with Crippen LogP contribution in [0.25, 0.3) is 10.4 Å². The van der Waals surface area contributed by atoms with Gasteiger partial charge in [0.2, 0.25) is 0 Å². The maximum atomic E-state index is 11.4. The van der Waals surface area contributed by atoms with E-state index in [9.17, 15) is 4.79 Å². The summed E-state index contributed by atoms with van der Waals surface area (Å²) in [5.41, 5.74) is 8.84. The van der Waals surface area contributed by atoms with Crippen molar-refractivity contribution >= 4 is 63.4 Å². The average molecular weight is 433 g/mol. The van der Waals surface area contributed by atoms with Gasteiger partial charge >= 0.3 is 0 Å². The Morgan fingerprint density at radius 3 is 2.54 bits per heavy atom. The van der Waals surface area contributed by atoms with Gasteiger partial charge < -0.3 is 21.3 Å². The second-order valence-electron chi connectivity index (χ2n) is 6.03. The molecule has 3 rings (SSSR count). The largest absolute Gasteiger partial charge is 0.376 e. The Kier molecular flexibility index (Phi) is 6.08. The van der Waals surface area contributed by atoms with Crippen LogP contribution in [0, 0.1) is 0 Å². The summed E-state index contributed by atoms with van der Waals surface area (Å²) in [6.07, 6.45) is 0. The summed E-state index contributed by atoms with van der Waals surface area (Å²) in [6.45, 7) is 0. The zero-order chi connectivity index (χ0) is 20.3. The third-order valence-electron chi connectivity index (χ3n) is 3.81. The highest BCUT2D eigenvalue weighted by Crippen LogP contribution is 2.29. The molecule has 0 aliphatic carbocycles. The molecule has 3 aromatic rings. The Morgan fingerprint density at radius 1 is 1.18 bits per heavy atom. The minimum absolute atomic E-state index is 0.167. The molecule has 0 fully saturated rings. The van der Waals surface area contributed by atoms with Crippen molar-refractivity contribution in [1.82, 2.24) is 9.59 Å². The number of nitrogens with one attached hydrogen (secondary N) is 2. The van der Waals surface area contributed by atoms with E-state index in [0.29, 0.717) is 15.0 Å². The fourth-order valence-corrected chi connectivity index (χ4v) is 3.60. The van der Waals surface area contributed by atoms with Gasteiger partial charge in [-0.2, -0.15) is 0 Å². The van der Waals surface area contributed by atoms with E-state index in [4.69, 9.17) is 29.6 Å². The van der Waals surface area contributed by atoms with Gasteiger partial charge in [0.15, 0.2) is 10.8 Å². The fraction of sp³-hybridized carbons (Fsp3) is 0.111. The molecule has 0 aliphatic heterocycles. The van der Waals surface area contributed by atoms with Crippen molar-refractivity contribution in [2.45, 2.75) is 0 Å². The van der Waals surface area contributed by atoms with Crippen molar-refractivity contribution in [3.05, 3.63) is 53.2 Å². The molecule has 0 aliphatic rings. The van der Waals surface area contributed by atoms with Crippen LogP contribution in [0.4, 0.5) is 17.1 Å². The van der Waals surface area contributed by atoms with Crippen molar-refractivity contribution in [2.75, 3.05) is 29.6 Å². The fourth-order valence-electron chi connectivity index (χ4n) is 2.53. The average Bonchev–Trinajstić information content (AvgIpc) is 3.12. The lowest BCUT2D eigenvalue weighted by Gasteiger charge is -2.19. The number of carbonyl (C=O) groups excluding carboxylic acids is 1. The zero-order valence-electron chi connectivity index (χ0n) is 15.1. The van der Waals surface area contributed by atoms with E-state index in [1.54, 1.807) is 0 Å². The van der Waals surface area contributed by atoms with Gasteiger partial charge in [-0.05, 0) is 59.6 Å². The first-order chi connectivity index (χ1) is 13.3. The number of hydrogen-bond acceptors (Lipinski definition) is 6. The van der Waals surface area contributed by atoms with Crippen molar-refractivity contribution in [2.24, 2.45) is 5.73 Å². The molecule has 7 nitrogen and oxygen atoms in total. The van der Waals surface area contributed by atoms with Crippen LogP contribution in [0.1, 0.15) is 10.5 Å². The minimum Gasteiger partial charge on any atom is -0.376 e. The number of amides is 1. The number of nitrogens with two attached hydrogens (primary N) is 1. The van der Waals surface area contributed by atoms with Crippen LogP contribution in [0.5, 0.6) is 0 Å². The van der Waals surface area contributed by atoms with E-state index < -0.39 is 5.91 Å². The number of aromatic nitrogens is 2. The molecule has 0 bridgehead atoms. The second kappa shape index (κ2) is 8.51. The third-order valence-corrected chi connectivity index (χ3v) is 5.03. The summed E-state index contributed by atoms with van der Waals surface area (Å²) in [5, 5.41) is 11.1. The van der Waals surface area contributed by atoms with Crippen molar-refractivity contribution in [3.8, 4) is 10.4 Å². The molecule has 0 atom stereocenters. The molecule has 0 spiro atoms. The molecule has 4 N–H and O–H groups in total. The normalized spacial score (nSPS) is 10.4. The third kappa shape index (κ3) is 4.56. The van der Waals surface area contributed by atoms with Crippen LogP contribution in [-0.2, 0) is 0 Å². The number of halogens is 1. The molecular formula is C18H17ClN6OS2. The lowest BCUT2D eigenvalue weighted by atomic mass is 10.1. The Labute approximate surface area is 176 Å². The van der Waals surface area contributed by atoms with E-state index in [2.05, 4.69) is 20.2 Å². The monoisotopic (exact) mass is 432 g/mol. The molecule has 1 heterocycles. The van der Waals surface area contributed by atoms with Crippen LogP contribution >= 0.6 is 35.4 Å². The summed E-state index contributed by atoms with van der Waals surface area (Å²) >= 11 is 12.6. The highest BCUT2D eigenvalue weighted by molar-refractivity contribution is 7.80. The summed E-state index contributed by atoms with van der Waals surface area (Å²) < 4.78 is 3.80. The van der Waals surface area contributed by atoms with Gasteiger partial charge in [-0.3, -0.25) is 4.79 Å². The Hall–Kier alpha value is -2.75.